The summed E-state index contributed by atoms with van der Waals surface area (Å²) in [4.78, 5) is 12.5. The zero-order valence-electron chi connectivity index (χ0n) is 8.51. The van der Waals surface area contributed by atoms with Crippen molar-refractivity contribution in [2.45, 2.75) is 32.0 Å². The summed E-state index contributed by atoms with van der Waals surface area (Å²) in [5.74, 6) is -0.857. The van der Waals surface area contributed by atoms with Gasteiger partial charge >= 0.3 is 6.18 Å². The summed E-state index contributed by atoms with van der Waals surface area (Å²) >= 11 is 0. The standard InChI is InChI=1S/C9H14F3NO2/c1-2-7-6-13(3-4-15-7)8(14)5-9(10,11)12/h7H,2-6H2,1H3. The normalized spacial score (nSPS) is 22.9. The van der Waals surface area contributed by atoms with Gasteiger partial charge in [0.15, 0.2) is 0 Å². The monoisotopic (exact) mass is 225 g/mol. The predicted molar refractivity (Wildman–Crippen MR) is 47.3 cm³/mol. The molecule has 1 fully saturated rings. The Morgan fingerprint density at radius 1 is 1.53 bits per heavy atom. The number of carbonyl (C=O) groups excluding carboxylic acids is 1. The molecule has 1 saturated heterocycles. The minimum absolute atomic E-state index is 0.129. The molecule has 0 aromatic rings. The van der Waals surface area contributed by atoms with Gasteiger partial charge in [0.2, 0.25) is 5.91 Å². The first-order valence-corrected chi connectivity index (χ1v) is 4.88. The van der Waals surface area contributed by atoms with Crippen LogP contribution < -0.4 is 0 Å². The lowest BCUT2D eigenvalue weighted by Gasteiger charge is -2.32. The SMILES string of the molecule is CCC1CN(C(=O)CC(F)(F)F)CCO1. The third-order valence-corrected chi connectivity index (χ3v) is 2.30. The average molecular weight is 225 g/mol. The summed E-state index contributed by atoms with van der Waals surface area (Å²) in [6.45, 7) is 2.72. The van der Waals surface area contributed by atoms with Crippen molar-refractivity contribution >= 4 is 5.91 Å². The summed E-state index contributed by atoms with van der Waals surface area (Å²) in [6.07, 6.45) is -5.22. The molecule has 1 heterocycles. The van der Waals surface area contributed by atoms with Crippen LogP contribution in [0.2, 0.25) is 0 Å². The summed E-state index contributed by atoms with van der Waals surface area (Å²) in [6, 6.07) is 0. The van der Waals surface area contributed by atoms with Crippen molar-refractivity contribution in [2.75, 3.05) is 19.7 Å². The summed E-state index contributed by atoms with van der Waals surface area (Å²) in [5.41, 5.74) is 0. The van der Waals surface area contributed by atoms with Crippen molar-refractivity contribution in [3.05, 3.63) is 0 Å². The van der Waals surface area contributed by atoms with Crippen LogP contribution in [0.5, 0.6) is 0 Å². The van der Waals surface area contributed by atoms with E-state index in [1.807, 2.05) is 6.92 Å². The third-order valence-electron chi connectivity index (χ3n) is 2.30. The Hall–Kier alpha value is -0.780. The molecule has 3 nitrogen and oxygen atoms in total. The van der Waals surface area contributed by atoms with E-state index in [-0.39, 0.29) is 19.2 Å². The second-order valence-corrected chi connectivity index (χ2v) is 3.53. The van der Waals surface area contributed by atoms with E-state index in [0.29, 0.717) is 13.0 Å². The van der Waals surface area contributed by atoms with Gasteiger partial charge < -0.3 is 9.64 Å². The van der Waals surface area contributed by atoms with Crippen LogP contribution in [0.3, 0.4) is 0 Å². The Kier molecular flexibility index (Phi) is 3.96. The molecule has 0 aromatic heterocycles. The molecule has 6 heteroatoms. The largest absolute Gasteiger partial charge is 0.397 e. The average Bonchev–Trinajstić information content (AvgIpc) is 2.15. The predicted octanol–water partition coefficient (Wildman–Crippen LogP) is 1.58. The number of alkyl halides is 3. The van der Waals surface area contributed by atoms with Crippen molar-refractivity contribution in [3.8, 4) is 0 Å². The van der Waals surface area contributed by atoms with Crippen LogP contribution in [0.1, 0.15) is 19.8 Å². The van der Waals surface area contributed by atoms with Gasteiger partial charge in [0.05, 0.1) is 12.7 Å². The number of hydrogen-bond donors (Lipinski definition) is 0. The minimum Gasteiger partial charge on any atom is -0.375 e. The first kappa shape index (κ1) is 12.3. The lowest BCUT2D eigenvalue weighted by molar-refractivity contribution is -0.166. The molecule has 0 saturated carbocycles. The van der Waals surface area contributed by atoms with Gasteiger partial charge in [0.25, 0.3) is 0 Å². The highest BCUT2D eigenvalue weighted by molar-refractivity contribution is 5.76. The van der Waals surface area contributed by atoms with Crippen LogP contribution in [0.25, 0.3) is 0 Å². The van der Waals surface area contributed by atoms with Gasteiger partial charge in [-0.1, -0.05) is 6.92 Å². The molecule has 0 N–H and O–H groups in total. The van der Waals surface area contributed by atoms with Crippen LogP contribution in [-0.4, -0.2) is 42.8 Å². The first-order valence-electron chi connectivity index (χ1n) is 4.88. The van der Waals surface area contributed by atoms with Gasteiger partial charge in [0, 0.05) is 13.1 Å². The van der Waals surface area contributed by atoms with Gasteiger partial charge in [-0.25, -0.2) is 0 Å². The van der Waals surface area contributed by atoms with Crippen LogP contribution in [0.4, 0.5) is 13.2 Å². The van der Waals surface area contributed by atoms with Crippen LogP contribution >= 0.6 is 0 Å². The molecule has 15 heavy (non-hydrogen) atoms. The Morgan fingerprint density at radius 3 is 2.73 bits per heavy atom. The van der Waals surface area contributed by atoms with E-state index in [1.165, 1.54) is 4.90 Å². The topological polar surface area (TPSA) is 29.5 Å². The molecule has 0 bridgehead atoms. The van der Waals surface area contributed by atoms with E-state index in [2.05, 4.69) is 0 Å². The van der Waals surface area contributed by atoms with E-state index in [1.54, 1.807) is 0 Å². The molecule has 1 unspecified atom stereocenters. The van der Waals surface area contributed by atoms with Crippen molar-refractivity contribution in [1.29, 1.82) is 0 Å². The number of amides is 1. The molecule has 0 aliphatic carbocycles. The highest BCUT2D eigenvalue weighted by Gasteiger charge is 2.34. The molecule has 1 amide bonds. The maximum Gasteiger partial charge on any atom is 0.397 e. The molecule has 0 radical (unpaired) electrons. The molecular weight excluding hydrogens is 211 g/mol. The number of carbonyl (C=O) groups is 1. The molecule has 1 aliphatic heterocycles. The van der Waals surface area contributed by atoms with E-state index in [0.717, 1.165) is 0 Å². The Labute approximate surface area is 86.2 Å². The third kappa shape index (κ3) is 4.07. The lowest BCUT2D eigenvalue weighted by Crippen LogP contribution is -2.46. The maximum absolute atomic E-state index is 12.0. The molecule has 0 spiro atoms. The second kappa shape index (κ2) is 4.83. The fourth-order valence-corrected chi connectivity index (χ4v) is 1.48. The Bertz CT molecular complexity index is 230. The van der Waals surface area contributed by atoms with Gasteiger partial charge in [0.1, 0.15) is 6.42 Å². The van der Waals surface area contributed by atoms with Crippen molar-refractivity contribution < 1.29 is 22.7 Å². The maximum atomic E-state index is 12.0. The molecule has 1 atom stereocenters. The van der Waals surface area contributed by atoms with E-state index < -0.39 is 18.5 Å². The molecular formula is C9H14F3NO2. The van der Waals surface area contributed by atoms with Crippen molar-refractivity contribution in [1.82, 2.24) is 4.90 Å². The number of ether oxygens (including phenoxy) is 1. The highest BCUT2D eigenvalue weighted by atomic mass is 19.4. The van der Waals surface area contributed by atoms with Gasteiger partial charge in [-0.05, 0) is 6.42 Å². The van der Waals surface area contributed by atoms with Crippen molar-refractivity contribution in [3.63, 3.8) is 0 Å². The van der Waals surface area contributed by atoms with E-state index in [4.69, 9.17) is 4.74 Å². The number of nitrogens with zero attached hydrogens (tertiary/aromatic N) is 1. The quantitative estimate of drug-likeness (QED) is 0.714. The smallest absolute Gasteiger partial charge is 0.375 e. The van der Waals surface area contributed by atoms with Crippen molar-refractivity contribution in [2.24, 2.45) is 0 Å². The molecule has 88 valence electrons. The fourth-order valence-electron chi connectivity index (χ4n) is 1.48. The number of morpholine rings is 1. The van der Waals surface area contributed by atoms with Crippen LogP contribution in [0, 0.1) is 0 Å². The van der Waals surface area contributed by atoms with Gasteiger partial charge in [-0.15, -0.1) is 0 Å². The summed E-state index contributed by atoms with van der Waals surface area (Å²) in [5, 5.41) is 0. The Balaban J connectivity index is 2.45. The van der Waals surface area contributed by atoms with Crippen LogP contribution in [0.15, 0.2) is 0 Å². The fraction of sp³-hybridized carbons (Fsp3) is 0.889. The van der Waals surface area contributed by atoms with Gasteiger partial charge in [-0.3, -0.25) is 4.79 Å². The molecule has 1 rings (SSSR count). The zero-order chi connectivity index (χ0) is 11.5. The number of halogens is 3. The molecule has 0 aromatic carbocycles. The summed E-state index contributed by atoms with van der Waals surface area (Å²) < 4.78 is 41.1. The zero-order valence-corrected chi connectivity index (χ0v) is 8.51. The minimum atomic E-state index is -4.42. The molecule has 1 aliphatic rings. The number of rotatable bonds is 2. The lowest BCUT2D eigenvalue weighted by atomic mass is 10.2. The first-order chi connectivity index (χ1) is 6.92. The highest BCUT2D eigenvalue weighted by Crippen LogP contribution is 2.21. The van der Waals surface area contributed by atoms with E-state index in [9.17, 15) is 18.0 Å². The van der Waals surface area contributed by atoms with E-state index >= 15 is 0 Å². The Morgan fingerprint density at radius 2 is 2.20 bits per heavy atom. The second-order valence-electron chi connectivity index (χ2n) is 3.53. The number of hydrogen-bond acceptors (Lipinski definition) is 2. The summed E-state index contributed by atoms with van der Waals surface area (Å²) in [7, 11) is 0. The van der Waals surface area contributed by atoms with Gasteiger partial charge in [-0.2, -0.15) is 13.2 Å². The van der Waals surface area contributed by atoms with Crippen LogP contribution in [-0.2, 0) is 9.53 Å².